The smallest absolute Gasteiger partial charge is 0.326 e. The van der Waals surface area contributed by atoms with Crippen LogP contribution in [-0.2, 0) is 19.2 Å². The van der Waals surface area contributed by atoms with Crippen LogP contribution in [0.2, 0.25) is 0 Å². The van der Waals surface area contributed by atoms with E-state index < -0.39 is 47.9 Å². The SMILES string of the molecule is CSCCC(NC(=O)C(NC(=O)CN)C(C)O)C(=O)N1CCCC1C(=O)O. The van der Waals surface area contributed by atoms with Gasteiger partial charge in [0.1, 0.15) is 18.1 Å². The fourth-order valence-corrected chi connectivity index (χ4v) is 3.35. The number of nitrogens with two attached hydrogens (primary N) is 1. The van der Waals surface area contributed by atoms with E-state index in [9.17, 15) is 29.4 Å². The molecule has 0 aromatic rings. The molecule has 4 atom stereocenters. The lowest BCUT2D eigenvalue weighted by atomic mass is 10.1. The van der Waals surface area contributed by atoms with E-state index in [1.807, 2.05) is 6.26 Å². The summed E-state index contributed by atoms with van der Waals surface area (Å²) in [5.41, 5.74) is 5.22. The first-order valence-electron chi connectivity index (χ1n) is 8.73. The Hall–Kier alpha value is -1.85. The van der Waals surface area contributed by atoms with Crippen LogP contribution in [0.1, 0.15) is 26.2 Å². The van der Waals surface area contributed by atoms with Gasteiger partial charge in [0.25, 0.3) is 0 Å². The van der Waals surface area contributed by atoms with E-state index in [1.165, 1.54) is 23.6 Å². The molecular formula is C16H28N4O6S. The molecule has 1 fully saturated rings. The topological polar surface area (TPSA) is 162 Å². The van der Waals surface area contributed by atoms with Crippen LogP contribution in [0.4, 0.5) is 0 Å². The zero-order valence-corrected chi connectivity index (χ0v) is 16.3. The van der Waals surface area contributed by atoms with Crippen molar-refractivity contribution in [2.75, 3.05) is 25.1 Å². The number of amides is 3. The summed E-state index contributed by atoms with van der Waals surface area (Å²) in [5.74, 6) is -2.33. The van der Waals surface area contributed by atoms with Gasteiger partial charge >= 0.3 is 5.97 Å². The van der Waals surface area contributed by atoms with Crippen LogP contribution in [-0.4, -0.2) is 88.1 Å². The quantitative estimate of drug-likeness (QED) is 0.283. The highest BCUT2D eigenvalue weighted by atomic mass is 32.2. The molecule has 0 aromatic heterocycles. The summed E-state index contributed by atoms with van der Waals surface area (Å²) >= 11 is 1.48. The average molecular weight is 404 g/mol. The number of hydrogen-bond donors (Lipinski definition) is 5. The van der Waals surface area contributed by atoms with Gasteiger partial charge in [-0.3, -0.25) is 14.4 Å². The van der Waals surface area contributed by atoms with Crippen molar-refractivity contribution in [2.45, 2.75) is 50.4 Å². The van der Waals surface area contributed by atoms with E-state index in [1.54, 1.807) is 0 Å². The number of rotatable bonds is 10. The van der Waals surface area contributed by atoms with Crippen molar-refractivity contribution < 1.29 is 29.4 Å². The van der Waals surface area contributed by atoms with Crippen molar-refractivity contribution in [2.24, 2.45) is 5.73 Å². The molecule has 0 saturated carbocycles. The van der Waals surface area contributed by atoms with E-state index in [4.69, 9.17) is 5.73 Å². The summed E-state index contributed by atoms with van der Waals surface area (Å²) in [4.78, 5) is 49.5. The minimum atomic E-state index is -1.26. The molecule has 6 N–H and O–H groups in total. The second-order valence-corrected chi connectivity index (χ2v) is 7.35. The maximum atomic E-state index is 12.8. The number of hydrogen-bond acceptors (Lipinski definition) is 7. The Balaban J connectivity index is 2.91. The number of aliphatic carboxylic acids is 1. The molecule has 0 spiro atoms. The zero-order valence-electron chi connectivity index (χ0n) is 15.5. The molecule has 154 valence electrons. The minimum Gasteiger partial charge on any atom is -0.480 e. The molecule has 1 heterocycles. The number of thioether (sulfide) groups is 1. The van der Waals surface area contributed by atoms with Gasteiger partial charge in [-0.15, -0.1) is 0 Å². The highest BCUT2D eigenvalue weighted by molar-refractivity contribution is 7.98. The number of carbonyl (C=O) groups excluding carboxylic acids is 3. The van der Waals surface area contributed by atoms with Crippen molar-refractivity contribution in [1.29, 1.82) is 0 Å². The third-order valence-corrected chi connectivity index (χ3v) is 4.96. The number of carbonyl (C=O) groups is 4. The molecule has 27 heavy (non-hydrogen) atoms. The van der Waals surface area contributed by atoms with E-state index in [-0.39, 0.29) is 6.54 Å². The number of nitrogens with one attached hydrogen (secondary N) is 2. The van der Waals surface area contributed by atoms with Crippen molar-refractivity contribution in [1.82, 2.24) is 15.5 Å². The molecule has 1 saturated heterocycles. The molecule has 11 heteroatoms. The van der Waals surface area contributed by atoms with Gasteiger partial charge in [0, 0.05) is 6.54 Å². The van der Waals surface area contributed by atoms with Crippen LogP contribution in [0, 0.1) is 0 Å². The molecule has 0 radical (unpaired) electrons. The van der Waals surface area contributed by atoms with Gasteiger partial charge in [0.05, 0.1) is 12.6 Å². The van der Waals surface area contributed by atoms with E-state index >= 15 is 0 Å². The molecule has 4 unspecified atom stereocenters. The molecule has 0 aliphatic carbocycles. The maximum Gasteiger partial charge on any atom is 0.326 e. The van der Waals surface area contributed by atoms with Crippen molar-refractivity contribution in [3.63, 3.8) is 0 Å². The predicted octanol–water partition coefficient (Wildman–Crippen LogP) is -1.88. The van der Waals surface area contributed by atoms with E-state index in [2.05, 4.69) is 10.6 Å². The second-order valence-electron chi connectivity index (χ2n) is 6.36. The summed E-state index contributed by atoms with van der Waals surface area (Å²) in [7, 11) is 0. The Bertz CT molecular complexity index is 559. The highest BCUT2D eigenvalue weighted by Crippen LogP contribution is 2.19. The molecular weight excluding hydrogens is 376 g/mol. The Kier molecular flexibility index (Phi) is 9.53. The second kappa shape index (κ2) is 11.1. The van der Waals surface area contributed by atoms with Crippen LogP contribution in [0.15, 0.2) is 0 Å². The Morgan fingerprint density at radius 2 is 1.96 bits per heavy atom. The minimum absolute atomic E-state index is 0.298. The summed E-state index contributed by atoms with van der Waals surface area (Å²) in [6.07, 6.45) is 1.89. The standard InChI is InChI=1S/C16H28N4O6S/c1-9(21)13(19-12(22)8-17)14(23)18-10(5-7-27-2)15(24)20-6-3-4-11(20)16(25)26/h9-11,13,21H,3-8,17H2,1-2H3,(H,18,23)(H,19,22)(H,25,26). The number of carboxylic acid groups (broad SMARTS) is 1. The van der Waals surface area contributed by atoms with Gasteiger partial charge in [0.2, 0.25) is 17.7 Å². The number of carboxylic acids is 1. The van der Waals surface area contributed by atoms with Crippen LogP contribution >= 0.6 is 11.8 Å². The number of likely N-dealkylation sites (tertiary alicyclic amines) is 1. The number of aliphatic hydroxyl groups is 1. The first kappa shape index (κ1) is 23.2. The fraction of sp³-hybridized carbons (Fsp3) is 0.750. The van der Waals surface area contributed by atoms with Crippen LogP contribution in [0.5, 0.6) is 0 Å². The summed E-state index contributed by atoms with van der Waals surface area (Å²) < 4.78 is 0. The molecule has 10 nitrogen and oxygen atoms in total. The van der Waals surface area contributed by atoms with Gasteiger partial charge in [-0.2, -0.15) is 11.8 Å². The Labute approximate surface area is 162 Å². The molecule has 1 aliphatic rings. The highest BCUT2D eigenvalue weighted by Gasteiger charge is 2.38. The monoisotopic (exact) mass is 404 g/mol. The van der Waals surface area contributed by atoms with Crippen LogP contribution < -0.4 is 16.4 Å². The molecule has 0 bridgehead atoms. The molecule has 1 aliphatic heterocycles. The van der Waals surface area contributed by atoms with Crippen LogP contribution in [0.3, 0.4) is 0 Å². The molecule has 1 rings (SSSR count). The summed E-state index contributed by atoms with van der Waals surface area (Å²) in [5, 5.41) is 23.9. The Morgan fingerprint density at radius 1 is 1.30 bits per heavy atom. The van der Waals surface area contributed by atoms with E-state index in [0.717, 1.165) is 0 Å². The van der Waals surface area contributed by atoms with Crippen LogP contribution in [0.25, 0.3) is 0 Å². The lowest BCUT2D eigenvalue weighted by Gasteiger charge is -2.29. The lowest BCUT2D eigenvalue weighted by Crippen LogP contribution is -2.58. The summed E-state index contributed by atoms with van der Waals surface area (Å²) in [6, 6.07) is -3.11. The van der Waals surface area contributed by atoms with Crippen molar-refractivity contribution >= 4 is 35.5 Å². The van der Waals surface area contributed by atoms with Gasteiger partial charge in [0.15, 0.2) is 0 Å². The van der Waals surface area contributed by atoms with E-state index in [0.29, 0.717) is 31.6 Å². The fourth-order valence-electron chi connectivity index (χ4n) is 2.88. The van der Waals surface area contributed by atoms with Gasteiger partial charge in [-0.05, 0) is 38.2 Å². The first-order valence-corrected chi connectivity index (χ1v) is 10.1. The first-order chi connectivity index (χ1) is 12.7. The third-order valence-electron chi connectivity index (χ3n) is 4.31. The normalized spacial score (nSPS) is 19.9. The number of aliphatic hydroxyl groups excluding tert-OH is 1. The maximum absolute atomic E-state index is 12.8. The van der Waals surface area contributed by atoms with Crippen molar-refractivity contribution in [3.05, 3.63) is 0 Å². The lowest BCUT2D eigenvalue weighted by molar-refractivity contribution is -0.149. The molecule has 3 amide bonds. The molecule has 0 aromatic carbocycles. The Morgan fingerprint density at radius 3 is 2.48 bits per heavy atom. The predicted molar refractivity (Wildman–Crippen MR) is 100.0 cm³/mol. The largest absolute Gasteiger partial charge is 0.480 e. The van der Waals surface area contributed by atoms with Gasteiger partial charge in [-0.1, -0.05) is 0 Å². The van der Waals surface area contributed by atoms with Gasteiger partial charge in [-0.25, -0.2) is 4.79 Å². The summed E-state index contributed by atoms with van der Waals surface area (Å²) in [6.45, 7) is 1.30. The average Bonchev–Trinajstić information content (AvgIpc) is 3.11. The number of nitrogens with zero attached hydrogens (tertiary/aromatic N) is 1. The third kappa shape index (κ3) is 6.67. The van der Waals surface area contributed by atoms with Crippen molar-refractivity contribution in [3.8, 4) is 0 Å². The zero-order chi connectivity index (χ0) is 20.6. The van der Waals surface area contributed by atoms with Gasteiger partial charge < -0.3 is 31.5 Å².